The summed E-state index contributed by atoms with van der Waals surface area (Å²) in [6, 6.07) is 3.11. The molecule has 0 unspecified atom stereocenters. The average molecular weight is 260 g/mol. The van der Waals surface area contributed by atoms with E-state index in [1.54, 1.807) is 19.9 Å². The van der Waals surface area contributed by atoms with Crippen LogP contribution >= 0.6 is 12.2 Å². The molecule has 0 saturated carbocycles. The molecule has 0 heterocycles. The van der Waals surface area contributed by atoms with Gasteiger partial charge in [-0.15, -0.1) is 0 Å². The van der Waals surface area contributed by atoms with Crippen LogP contribution in [0.3, 0.4) is 0 Å². The lowest BCUT2D eigenvalue weighted by atomic mass is 10.1. The first-order valence-corrected chi connectivity index (χ1v) is 6.22. The van der Waals surface area contributed by atoms with Crippen LogP contribution in [0.25, 0.3) is 0 Å². The summed E-state index contributed by atoms with van der Waals surface area (Å²) in [6.45, 7) is 3.43. The van der Waals surface area contributed by atoms with Crippen molar-refractivity contribution >= 4 is 33.1 Å². The van der Waals surface area contributed by atoms with E-state index in [-0.39, 0.29) is 15.7 Å². The molecule has 0 aliphatic rings. The molecule has 0 spiro atoms. The Balaban J connectivity index is 3.51. The van der Waals surface area contributed by atoms with E-state index >= 15 is 0 Å². The first-order valence-electron chi connectivity index (χ1n) is 4.37. The second kappa shape index (κ2) is 4.36. The molecule has 0 aliphatic carbocycles. The summed E-state index contributed by atoms with van der Waals surface area (Å²) in [5.74, 6) is 0. The van der Waals surface area contributed by atoms with E-state index < -0.39 is 10.1 Å². The second-order valence-electron chi connectivity index (χ2n) is 3.42. The maximum atomic E-state index is 11.2. The lowest BCUT2D eigenvalue weighted by Crippen LogP contribution is -2.21. The summed E-state index contributed by atoms with van der Waals surface area (Å²) in [5.41, 5.74) is 6.86. The van der Waals surface area contributed by atoms with Crippen molar-refractivity contribution in [3.8, 4) is 0 Å². The molecule has 1 rings (SSSR count). The maximum absolute atomic E-state index is 11.2. The Morgan fingerprint density at radius 2 is 2.00 bits per heavy atom. The van der Waals surface area contributed by atoms with Gasteiger partial charge in [0, 0.05) is 0 Å². The molecular formula is C9H12N2O3S2. The number of aryl methyl sites for hydroxylation is 2. The Bertz CT molecular complexity index is 538. The van der Waals surface area contributed by atoms with E-state index in [4.69, 9.17) is 10.3 Å². The molecular weight excluding hydrogens is 248 g/mol. The summed E-state index contributed by atoms with van der Waals surface area (Å²) in [7, 11) is -4.30. The van der Waals surface area contributed by atoms with E-state index in [0.29, 0.717) is 5.56 Å². The van der Waals surface area contributed by atoms with Gasteiger partial charge in [-0.3, -0.25) is 4.55 Å². The smallest absolute Gasteiger partial charge is 0.296 e. The summed E-state index contributed by atoms with van der Waals surface area (Å²) in [6.07, 6.45) is 0. The van der Waals surface area contributed by atoms with Crippen LogP contribution in [0.1, 0.15) is 11.1 Å². The predicted molar refractivity (Wildman–Crippen MR) is 66.1 cm³/mol. The number of hydrogen-bond acceptors (Lipinski definition) is 3. The molecule has 1 aromatic rings. The molecule has 16 heavy (non-hydrogen) atoms. The minimum atomic E-state index is -4.30. The van der Waals surface area contributed by atoms with Gasteiger partial charge in [-0.05, 0) is 43.3 Å². The Morgan fingerprint density at radius 3 is 2.44 bits per heavy atom. The van der Waals surface area contributed by atoms with Crippen molar-refractivity contribution in [2.75, 3.05) is 5.32 Å². The van der Waals surface area contributed by atoms with Crippen molar-refractivity contribution in [3.05, 3.63) is 23.3 Å². The molecule has 5 nitrogen and oxygen atoms in total. The Kier molecular flexibility index (Phi) is 3.51. The molecule has 0 radical (unpaired) electrons. The normalized spacial score (nSPS) is 11.2. The van der Waals surface area contributed by atoms with Gasteiger partial charge in [0.2, 0.25) is 0 Å². The van der Waals surface area contributed by atoms with Gasteiger partial charge in [0.25, 0.3) is 10.1 Å². The van der Waals surface area contributed by atoms with Crippen LogP contribution < -0.4 is 11.1 Å². The van der Waals surface area contributed by atoms with Crippen LogP contribution in [0.5, 0.6) is 0 Å². The van der Waals surface area contributed by atoms with Gasteiger partial charge in [0.1, 0.15) is 4.90 Å². The highest BCUT2D eigenvalue weighted by atomic mass is 32.2. The van der Waals surface area contributed by atoms with Gasteiger partial charge in [-0.1, -0.05) is 6.07 Å². The molecule has 0 bridgehead atoms. The number of nitrogens with two attached hydrogens (primary N) is 1. The fourth-order valence-corrected chi connectivity index (χ4v) is 2.32. The number of thiocarbonyl (C=S) groups is 1. The second-order valence-corrected chi connectivity index (χ2v) is 5.25. The highest BCUT2D eigenvalue weighted by Gasteiger charge is 2.18. The largest absolute Gasteiger partial charge is 0.376 e. The quantitative estimate of drug-likeness (QED) is 0.546. The maximum Gasteiger partial charge on any atom is 0.296 e. The molecule has 0 atom stereocenters. The first-order chi connectivity index (χ1) is 7.21. The van der Waals surface area contributed by atoms with Crippen LogP contribution in [-0.2, 0) is 10.1 Å². The van der Waals surface area contributed by atoms with Gasteiger partial charge < -0.3 is 11.1 Å². The zero-order chi connectivity index (χ0) is 12.5. The fourth-order valence-electron chi connectivity index (χ4n) is 1.42. The molecule has 4 N–H and O–H groups in total. The Morgan fingerprint density at radius 1 is 1.44 bits per heavy atom. The Hall–Kier alpha value is -1.18. The van der Waals surface area contributed by atoms with Gasteiger partial charge in [0.15, 0.2) is 5.11 Å². The summed E-state index contributed by atoms with van der Waals surface area (Å²) >= 11 is 4.64. The standard InChI is InChI=1S/C9H12N2O3S2/c1-5-3-6(2)8(11-9(10)15)7(4-5)16(12,13)14/h3-4H,1-2H3,(H3,10,11,15)(H,12,13,14). The lowest BCUT2D eigenvalue weighted by Gasteiger charge is -2.12. The third kappa shape index (κ3) is 2.91. The molecule has 0 fully saturated rings. The third-order valence-corrected chi connectivity index (χ3v) is 2.95. The van der Waals surface area contributed by atoms with Crippen LogP contribution in [0, 0.1) is 13.8 Å². The van der Waals surface area contributed by atoms with Gasteiger partial charge in [0.05, 0.1) is 5.69 Å². The minimum Gasteiger partial charge on any atom is -0.376 e. The van der Waals surface area contributed by atoms with E-state index in [9.17, 15) is 8.42 Å². The highest BCUT2D eigenvalue weighted by Crippen LogP contribution is 2.26. The number of anilines is 1. The van der Waals surface area contributed by atoms with E-state index in [1.165, 1.54) is 6.07 Å². The monoisotopic (exact) mass is 260 g/mol. The number of nitrogens with one attached hydrogen (secondary N) is 1. The predicted octanol–water partition coefficient (Wildman–Crippen LogP) is 1.21. The number of benzene rings is 1. The SMILES string of the molecule is Cc1cc(C)c(NC(N)=S)c(S(=O)(=O)O)c1. The van der Waals surface area contributed by atoms with Crippen LogP contribution in [0.2, 0.25) is 0 Å². The Labute approximate surface area is 99.4 Å². The zero-order valence-corrected chi connectivity index (χ0v) is 10.4. The summed E-state index contributed by atoms with van der Waals surface area (Å²) < 4.78 is 31.4. The van der Waals surface area contributed by atoms with Gasteiger partial charge in [-0.2, -0.15) is 8.42 Å². The van der Waals surface area contributed by atoms with Crippen molar-refractivity contribution < 1.29 is 13.0 Å². The molecule has 0 amide bonds. The topological polar surface area (TPSA) is 92.4 Å². The highest BCUT2D eigenvalue weighted by molar-refractivity contribution is 7.86. The van der Waals surface area contributed by atoms with Crippen LogP contribution in [0.15, 0.2) is 17.0 Å². The third-order valence-electron chi connectivity index (χ3n) is 1.97. The van der Waals surface area contributed by atoms with Crippen molar-refractivity contribution in [1.82, 2.24) is 0 Å². The van der Waals surface area contributed by atoms with Crippen molar-refractivity contribution in [2.24, 2.45) is 5.73 Å². The number of rotatable bonds is 2. The zero-order valence-electron chi connectivity index (χ0n) is 8.81. The summed E-state index contributed by atoms with van der Waals surface area (Å²) in [5, 5.41) is 2.49. The molecule has 7 heteroatoms. The number of hydrogen-bond donors (Lipinski definition) is 3. The summed E-state index contributed by atoms with van der Waals surface area (Å²) in [4.78, 5) is -0.224. The van der Waals surface area contributed by atoms with E-state index in [2.05, 4.69) is 17.5 Å². The van der Waals surface area contributed by atoms with Crippen LogP contribution in [-0.4, -0.2) is 18.1 Å². The minimum absolute atomic E-state index is 0.0585. The van der Waals surface area contributed by atoms with Crippen molar-refractivity contribution in [1.29, 1.82) is 0 Å². The fraction of sp³-hybridized carbons (Fsp3) is 0.222. The average Bonchev–Trinajstić information content (AvgIpc) is 2.06. The molecule has 0 saturated heterocycles. The van der Waals surface area contributed by atoms with Gasteiger partial charge >= 0.3 is 0 Å². The van der Waals surface area contributed by atoms with Crippen molar-refractivity contribution in [2.45, 2.75) is 18.7 Å². The lowest BCUT2D eigenvalue weighted by molar-refractivity contribution is 0.483. The molecule has 0 aromatic heterocycles. The first kappa shape index (κ1) is 12.9. The molecule has 88 valence electrons. The molecule has 0 aliphatic heterocycles. The van der Waals surface area contributed by atoms with E-state index in [0.717, 1.165) is 5.56 Å². The van der Waals surface area contributed by atoms with Crippen LogP contribution in [0.4, 0.5) is 5.69 Å². The molecule has 1 aromatic carbocycles. The van der Waals surface area contributed by atoms with Gasteiger partial charge in [-0.25, -0.2) is 0 Å². The van der Waals surface area contributed by atoms with E-state index in [1.807, 2.05) is 0 Å². The van der Waals surface area contributed by atoms with Crippen molar-refractivity contribution in [3.63, 3.8) is 0 Å².